The maximum Gasteiger partial charge on any atom is 0.264 e. The number of hydrogen-bond donors (Lipinski definition) is 0. The van der Waals surface area contributed by atoms with Crippen LogP contribution >= 0.6 is 0 Å². The minimum Gasteiger partial charge on any atom is -0.489 e. The summed E-state index contributed by atoms with van der Waals surface area (Å²) < 4.78 is 13.6. The topological polar surface area (TPSA) is 53.4 Å². The van der Waals surface area contributed by atoms with Crippen molar-refractivity contribution in [2.45, 2.75) is 5.92 Å². The minimum atomic E-state index is -0.198. The highest BCUT2D eigenvalue weighted by Gasteiger charge is 2.36. The van der Waals surface area contributed by atoms with Gasteiger partial charge in [0.1, 0.15) is 18.1 Å². The van der Waals surface area contributed by atoms with Crippen molar-refractivity contribution < 1.29 is 9.47 Å². The monoisotopic (exact) mass is 380 g/mol. The highest BCUT2D eigenvalue weighted by atomic mass is 16.5. The molecule has 2 aliphatic rings. The number of fused-ring (bicyclic) bond motifs is 7. The van der Waals surface area contributed by atoms with E-state index >= 15 is 0 Å². The van der Waals surface area contributed by atoms with Gasteiger partial charge in [-0.05, 0) is 30.3 Å². The van der Waals surface area contributed by atoms with Crippen molar-refractivity contribution in [2.24, 2.45) is 0 Å². The number of hydrogen-bond acceptors (Lipinski definition) is 4. The smallest absolute Gasteiger partial charge is 0.264 e. The van der Waals surface area contributed by atoms with Crippen LogP contribution in [0, 0.1) is 0 Å². The lowest BCUT2D eigenvalue weighted by Gasteiger charge is -2.32. The molecule has 0 radical (unpaired) electrons. The van der Waals surface area contributed by atoms with Gasteiger partial charge in [0.05, 0.1) is 22.9 Å². The first kappa shape index (κ1) is 16.1. The molecule has 0 spiro atoms. The Morgan fingerprint density at radius 3 is 2.69 bits per heavy atom. The summed E-state index contributed by atoms with van der Waals surface area (Å²) in [6, 6.07) is 21.3. The van der Waals surface area contributed by atoms with Crippen LogP contribution in [-0.2, 0) is 0 Å². The Kier molecular flexibility index (Phi) is 3.38. The van der Waals surface area contributed by atoms with Crippen molar-refractivity contribution in [1.29, 1.82) is 0 Å². The number of rotatable bonds is 1. The van der Waals surface area contributed by atoms with Gasteiger partial charge in [-0.2, -0.15) is 0 Å². The lowest BCUT2D eigenvalue weighted by molar-refractivity contribution is 0.309. The summed E-state index contributed by atoms with van der Waals surface area (Å²) in [7, 11) is 0. The molecule has 5 heteroatoms. The molecule has 1 unspecified atom stereocenters. The summed E-state index contributed by atoms with van der Waals surface area (Å²) in [5, 5.41) is 0.810. The van der Waals surface area contributed by atoms with Crippen LogP contribution in [0.4, 0.5) is 0 Å². The second kappa shape index (κ2) is 6.07. The molecule has 1 atom stereocenters. The molecule has 4 heterocycles. The molecule has 2 aromatic carbocycles. The zero-order valence-corrected chi connectivity index (χ0v) is 15.4. The quantitative estimate of drug-likeness (QED) is 0.497. The van der Waals surface area contributed by atoms with Gasteiger partial charge < -0.3 is 9.47 Å². The number of para-hydroxylation sites is 2. The van der Waals surface area contributed by atoms with Crippen LogP contribution in [0.1, 0.15) is 17.0 Å². The average molecular weight is 380 g/mol. The van der Waals surface area contributed by atoms with Crippen molar-refractivity contribution in [3.05, 3.63) is 106 Å². The molecule has 0 fully saturated rings. The number of pyridine rings is 2. The largest absolute Gasteiger partial charge is 0.489 e. The fourth-order valence-corrected chi connectivity index (χ4v) is 4.28. The normalized spacial score (nSPS) is 16.7. The summed E-state index contributed by atoms with van der Waals surface area (Å²) in [5.41, 5.74) is 3.79. The molecule has 0 bridgehead atoms. The molecule has 140 valence electrons. The molecule has 4 aromatic rings. The van der Waals surface area contributed by atoms with Crippen LogP contribution in [0.15, 0.2) is 89.6 Å². The first-order valence-electron chi connectivity index (χ1n) is 9.49. The van der Waals surface area contributed by atoms with Gasteiger partial charge in [0, 0.05) is 23.3 Å². The molecule has 2 aliphatic heterocycles. The van der Waals surface area contributed by atoms with E-state index in [1.54, 1.807) is 17.0 Å². The fourth-order valence-electron chi connectivity index (χ4n) is 4.28. The summed E-state index contributed by atoms with van der Waals surface area (Å²) in [5.74, 6) is 1.19. The van der Waals surface area contributed by atoms with Crippen LogP contribution < -0.4 is 15.0 Å². The third-order valence-electron chi connectivity index (χ3n) is 5.55. The molecular weight excluding hydrogens is 364 g/mol. The van der Waals surface area contributed by atoms with Crippen LogP contribution in [0.2, 0.25) is 0 Å². The van der Waals surface area contributed by atoms with Crippen molar-refractivity contribution >= 4 is 11.0 Å². The number of nitrogens with zero attached hydrogens (tertiary/aromatic N) is 2. The van der Waals surface area contributed by atoms with Crippen LogP contribution in [-0.4, -0.2) is 16.2 Å². The molecule has 5 nitrogen and oxygen atoms in total. The Hall–Kier alpha value is -3.86. The van der Waals surface area contributed by atoms with Crippen molar-refractivity contribution in [1.82, 2.24) is 9.55 Å². The Balaban J connectivity index is 1.74. The van der Waals surface area contributed by atoms with E-state index in [1.165, 1.54) is 0 Å². The third-order valence-corrected chi connectivity index (χ3v) is 5.55. The van der Waals surface area contributed by atoms with Gasteiger partial charge >= 0.3 is 0 Å². The first-order chi connectivity index (χ1) is 14.3. The number of aromatic nitrogens is 2. The minimum absolute atomic E-state index is 0.121. The lowest BCUT2D eigenvalue weighted by Crippen LogP contribution is -2.32. The van der Waals surface area contributed by atoms with Crippen molar-refractivity contribution in [3.8, 4) is 17.2 Å². The van der Waals surface area contributed by atoms with E-state index < -0.39 is 0 Å². The van der Waals surface area contributed by atoms with E-state index in [0.717, 1.165) is 28.0 Å². The van der Waals surface area contributed by atoms with Crippen LogP contribution in [0.25, 0.3) is 16.7 Å². The van der Waals surface area contributed by atoms with E-state index in [0.29, 0.717) is 23.6 Å². The molecule has 0 saturated carbocycles. The Bertz CT molecular complexity index is 1360. The molecule has 6 rings (SSSR count). The first-order valence-corrected chi connectivity index (χ1v) is 9.49. The van der Waals surface area contributed by atoms with E-state index in [9.17, 15) is 4.79 Å². The van der Waals surface area contributed by atoms with Gasteiger partial charge in [-0.15, -0.1) is 0 Å². The zero-order chi connectivity index (χ0) is 19.4. The van der Waals surface area contributed by atoms with E-state index in [-0.39, 0.29) is 11.5 Å². The number of ether oxygens (including phenoxy) is 2. The van der Waals surface area contributed by atoms with E-state index in [2.05, 4.69) is 4.98 Å². The van der Waals surface area contributed by atoms with Gasteiger partial charge in [0.2, 0.25) is 0 Å². The molecule has 0 saturated heterocycles. The molecule has 29 heavy (non-hydrogen) atoms. The van der Waals surface area contributed by atoms with Crippen molar-refractivity contribution in [3.63, 3.8) is 0 Å². The molecular formula is C24H16N2O3. The Labute approximate surface area is 166 Å². The predicted octanol–water partition coefficient (Wildman–Crippen LogP) is 4.19. The van der Waals surface area contributed by atoms with Gasteiger partial charge in [-0.25, -0.2) is 4.98 Å². The fraction of sp³-hybridized carbons (Fsp3) is 0.0833. The Morgan fingerprint density at radius 1 is 0.966 bits per heavy atom. The predicted molar refractivity (Wildman–Crippen MR) is 110 cm³/mol. The van der Waals surface area contributed by atoms with Crippen LogP contribution in [0.3, 0.4) is 0 Å². The number of benzene rings is 2. The second-order valence-electron chi connectivity index (χ2n) is 7.16. The van der Waals surface area contributed by atoms with E-state index in [4.69, 9.17) is 9.47 Å². The second-order valence-corrected chi connectivity index (χ2v) is 7.16. The molecule has 0 N–H and O–H groups in total. The summed E-state index contributed by atoms with van der Waals surface area (Å²) in [6.07, 6.45) is 3.42. The van der Waals surface area contributed by atoms with Crippen molar-refractivity contribution in [2.75, 3.05) is 6.61 Å². The third kappa shape index (κ3) is 2.27. The highest BCUT2D eigenvalue weighted by molar-refractivity contribution is 5.86. The summed E-state index contributed by atoms with van der Waals surface area (Å²) in [6.45, 7) is 0.400. The Morgan fingerprint density at radius 2 is 1.79 bits per heavy atom. The maximum atomic E-state index is 13.9. The lowest BCUT2D eigenvalue weighted by atomic mass is 9.82. The zero-order valence-electron chi connectivity index (χ0n) is 15.4. The summed E-state index contributed by atoms with van der Waals surface area (Å²) >= 11 is 0. The average Bonchev–Trinajstić information content (AvgIpc) is 2.79. The standard InChI is InChI=1S/C24H16N2O3/c27-24-21-20-15(13-28-19-11-5-4-9-17(19)20)14-29-22(21)18-10-6-12-25-23(18)26(24)16-7-2-1-3-8-16/h1-12,14,20H,13H2. The van der Waals surface area contributed by atoms with Gasteiger partial charge in [0.25, 0.3) is 5.56 Å². The summed E-state index contributed by atoms with van der Waals surface area (Å²) in [4.78, 5) is 18.4. The van der Waals surface area contributed by atoms with Gasteiger partial charge in [-0.1, -0.05) is 36.4 Å². The SMILES string of the molecule is O=c1c2c(c3cccnc3n1-c1ccccc1)OC=C1COc3ccccc3C12. The van der Waals surface area contributed by atoms with Crippen LogP contribution in [0.5, 0.6) is 11.5 Å². The van der Waals surface area contributed by atoms with Gasteiger partial charge in [-0.3, -0.25) is 9.36 Å². The highest BCUT2D eigenvalue weighted by Crippen LogP contribution is 2.47. The van der Waals surface area contributed by atoms with Gasteiger partial charge in [0.15, 0.2) is 5.65 Å². The molecule has 2 aromatic heterocycles. The van der Waals surface area contributed by atoms with E-state index in [1.807, 2.05) is 66.7 Å². The maximum absolute atomic E-state index is 13.9. The molecule has 0 amide bonds. The molecule has 0 aliphatic carbocycles.